The molecule has 0 heterocycles. The fourth-order valence-corrected chi connectivity index (χ4v) is 2.48. The highest BCUT2D eigenvalue weighted by atomic mass is 35.5. The van der Waals surface area contributed by atoms with Gasteiger partial charge in [-0.05, 0) is 55.5 Å². The van der Waals surface area contributed by atoms with Gasteiger partial charge in [0.15, 0.2) is 0 Å². The van der Waals surface area contributed by atoms with Gasteiger partial charge in [0, 0.05) is 5.02 Å². The number of hydrogen-bond acceptors (Lipinski definition) is 1. The van der Waals surface area contributed by atoms with E-state index in [1.807, 2.05) is 19.2 Å². The van der Waals surface area contributed by atoms with E-state index in [4.69, 9.17) is 11.6 Å². The quantitative estimate of drug-likeness (QED) is 0.827. The second-order valence-corrected chi connectivity index (χ2v) is 5.35. The Balaban J connectivity index is 1.95. The standard InChI is InChI=1S/C13H18ClN/c1-13(8-11(13)9-15-2)7-10-3-5-12(14)6-4-10/h3-6,11,15H,7-9H2,1-2H3. The van der Waals surface area contributed by atoms with Crippen LogP contribution in [0.2, 0.25) is 5.02 Å². The average molecular weight is 224 g/mol. The highest BCUT2D eigenvalue weighted by Crippen LogP contribution is 2.53. The lowest BCUT2D eigenvalue weighted by molar-refractivity contribution is 0.487. The van der Waals surface area contributed by atoms with Gasteiger partial charge in [-0.3, -0.25) is 0 Å². The van der Waals surface area contributed by atoms with E-state index in [1.54, 1.807) is 0 Å². The summed E-state index contributed by atoms with van der Waals surface area (Å²) in [6.07, 6.45) is 2.52. The fourth-order valence-electron chi connectivity index (χ4n) is 2.35. The predicted molar refractivity (Wildman–Crippen MR) is 65.3 cm³/mol. The summed E-state index contributed by atoms with van der Waals surface area (Å²) in [5.41, 5.74) is 1.91. The summed E-state index contributed by atoms with van der Waals surface area (Å²) in [6, 6.07) is 8.25. The number of nitrogens with one attached hydrogen (secondary N) is 1. The highest BCUT2D eigenvalue weighted by molar-refractivity contribution is 6.30. The van der Waals surface area contributed by atoms with Gasteiger partial charge in [-0.25, -0.2) is 0 Å². The van der Waals surface area contributed by atoms with Crippen LogP contribution in [0.3, 0.4) is 0 Å². The van der Waals surface area contributed by atoms with Crippen LogP contribution in [0.4, 0.5) is 0 Å². The van der Waals surface area contributed by atoms with E-state index in [0.717, 1.165) is 17.5 Å². The van der Waals surface area contributed by atoms with Gasteiger partial charge in [0.1, 0.15) is 0 Å². The van der Waals surface area contributed by atoms with Crippen molar-refractivity contribution in [1.82, 2.24) is 5.32 Å². The van der Waals surface area contributed by atoms with Crippen LogP contribution in [-0.4, -0.2) is 13.6 Å². The summed E-state index contributed by atoms with van der Waals surface area (Å²) >= 11 is 5.87. The second kappa shape index (κ2) is 4.15. The molecule has 0 radical (unpaired) electrons. The minimum Gasteiger partial charge on any atom is -0.319 e. The maximum atomic E-state index is 5.87. The van der Waals surface area contributed by atoms with Gasteiger partial charge in [0.25, 0.3) is 0 Å². The first-order chi connectivity index (χ1) is 7.14. The molecule has 0 spiro atoms. The Hall–Kier alpha value is -0.530. The van der Waals surface area contributed by atoms with Crippen LogP contribution in [-0.2, 0) is 6.42 Å². The van der Waals surface area contributed by atoms with Crippen LogP contribution in [0.15, 0.2) is 24.3 Å². The van der Waals surface area contributed by atoms with Gasteiger partial charge in [0.2, 0.25) is 0 Å². The van der Waals surface area contributed by atoms with Crippen molar-refractivity contribution in [1.29, 1.82) is 0 Å². The normalized spacial score (nSPS) is 29.1. The largest absolute Gasteiger partial charge is 0.319 e. The van der Waals surface area contributed by atoms with Crippen molar-refractivity contribution in [2.24, 2.45) is 11.3 Å². The Bertz CT molecular complexity index is 333. The smallest absolute Gasteiger partial charge is 0.0406 e. The molecule has 1 nitrogen and oxygen atoms in total. The molecule has 1 aromatic rings. The van der Waals surface area contributed by atoms with Gasteiger partial charge in [-0.1, -0.05) is 30.7 Å². The summed E-state index contributed by atoms with van der Waals surface area (Å²) < 4.78 is 0. The molecular formula is C13H18ClN. The minimum atomic E-state index is 0.511. The molecule has 1 fully saturated rings. The van der Waals surface area contributed by atoms with E-state index in [1.165, 1.54) is 18.4 Å². The molecule has 0 aliphatic heterocycles. The fraction of sp³-hybridized carbons (Fsp3) is 0.538. The van der Waals surface area contributed by atoms with Gasteiger partial charge < -0.3 is 5.32 Å². The molecule has 1 saturated carbocycles. The van der Waals surface area contributed by atoms with Crippen molar-refractivity contribution in [2.45, 2.75) is 19.8 Å². The minimum absolute atomic E-state index is 0.511. The maximum absolute atomic E-state index is 5.87. The van der Waals surface area contributed by atoms with E-state index in [2.05, 4.69) is 24.4 Å². The van der Waals surface area contributed by atoms with Crippen LogP contribution in [0.5, 0.6) is 0 Å². The zero-order valence-corrected chi connectivity index (χ0v) is 10.1. The van der Waals surface area contributed by atoms with Crippen LogP contribution in [0.25, 0.3) is 0 Å². The molecule has 1 aliphatic rings. The van der Waals surface area contributed by atoms with Crippen molar-refractivity contribution in [3.63, 3.8) is 0 Å². The molecule has 0 aromatic heterocycles. The van der Waals surface area contributed by atoms with E-state index in [9.17, 15) is 0 Å². The zero-order chi connectivity index (χ0) is 10.9. The Kier molecular flexibility index (Phi) is 3.03. The van der Waals surface area contributed by atoms with Gasteiger partial charge in [-0.15, -0.1) is 0 Å². The number of benzene rings is 1. The molecule has 15 heavy (non-hydrogen) atoms. The lowest BCUT2D eigenvalue weighted by Crippen LogP contribution is -2.14. The third kappa shape index (κ3) is 2.53. The summed E-state index contributed by atoms with van der Waals surface area (Å²) in [5, 5.41) is 4.08. The average Bonchev–Trinajstić information content (AvgIpc) is 2.82. The second-order valence-electron chi connectivity index (χ2n) is 4.92. The van der Waals surface area contributed by atoms with Crippen molar-refractivity contribution >= 4 is 11.6 Å². The third-order valence-electron chi connectivity index (χ3n) is 3.51. The Labute approximate surface area is 96.8 Å². The molecule has 0 amide bonds. The van der Waals surface area contributed by atoms with Gasteiger partial charge in [-0.2, -0.15) is 0 Å². The van der Waals surface area contributed by atoms with Crippen molar-refractivity contribution in [3.8, 4) is 0 Å². The van der Waals surface area contributed by atoms with E-state index >= 15 is 0 Å². The van der Waals surface area contributed by atoms with Crippen molar-refractivity contribution in [2.75, 3.05) is 13.6 Å². The van der Waals surface area contributed by atoms with Crippen LogP contribution in [0.1, 0.15) is 18.9 Å². The zero-order valence-electron chi connectivity index (χ0n) is 9.39. The molecule has 1 N–H and O–H groups in total. The van der Waals surface area contributed by atoms with E-state index in [0.29, 0.717) is 5.41 Å². The summed E-state index contributed by atoms with van der Waals surface area (Å²) in [7, 11) is 2.03. The first kappa shape index (κ1) is 11.0. The molecule has 2 rings (SSSR count). The van der Waals surface area contributed by atoms with Crippen LogP contribution in [0, 0.1) is 11.3 Å². The molecule has 1 aliphatic carbocycles. The maximum Gasteiger partial charge on any atom is 0.0406 e. The lowest BCUT2D eigenvalue weighted by atomic mass is 9.96. The summed E-state index contributed by atoms with van der Waals surface area (Å²) in [6.45, 7) is 3.52. The topological polar surface area (TPSA) is 12.0 Å². The van der Waals surface area contributed by atoms with Gasteiger partial charge in [0.05, 0.1) is 0 Å². The SMILES string of the molecule is CNCC1CC1(C)Cc1ccc(Cl)cc1. The van der Waals surface area contributed by atoms with Gasteiger partial charge >= 0.3 is 0 Å². The van der Waals surface area contributed by atoms with Crippen LogP contribution >= 0.6 is 11.6 Å². The molecule has 0 bridgehead atoms. The predicted octanol–water partition coefficient (Wildman–Crippen LogP) is 3.13. The Morgan fingerprint density at radius 1 is 1.40 bits per heavy atom. The first-order valence-electron chi connectivity index (χ1n) is 5.53. The Morgan fingerprint density at radius 2 is 2.07 bits per heavy atom. The third-order valence-corrected chi connectivity index (χ3v) is 3.76. The molecule has 2 heteroatoms. The number of hydrogen-bond donors (Lipinski definition) is 1. The van der Waals surface area contributed by atoms with E-state index in [-0.39, 0.29) is 0 Å². The summed E-state index contributed by atoms with van der Waals surface area (Å²) in [4.78, 5) is 0. The Morgan fingerprint density at radius 3 is 2.67 bits per heavy atom. The van der Waals surface area contributed by atoms with Crippen LogP contribution < -0.4 is 5.32 Å². The van der Waals surface area contributed by atoms with E-state index < -0.39 is 0 Å². The molecular weight excluding hydrogens is 206 g/mol. The molecule has 82 valence electrons. The first-order valence-corrected chi connectivity index (χ1v) is 5.91. The number of halogens is 1. The molecule has 2 unspecified atom stereocenters. The summed E-state index contributed by atoms with van der Waals surface area (Å²) in [5.74, 6) is 0.846. The monoisotopic (exact) mass is 223 g/mol. The number of rotatable bonds is 4. The molecule has 2 atom stereocenters. The van der Waals surface area contributed by atoms with Crippen molar-refractivity contribution in [3.05, 3.63) is 34.9 Å². The highest BCUT2D eigenvalue weighted by Gasteiger charge is 2.48. The lowest BCUT2D eigenvalue weighted by Gasteiger charge is -2.11. The van der Waals surface area contributed by atoms with Crippen molar-refractivity contribution < 1.29 is 0 Å². The molecule has 0 saturated heterocycles. The molecule has 1 aromatic carbocycles.